The Morgan fingerprint density at radius 2 is 0.909 bits per heavy atom. The predicted octanol–water partition coefficient (Wildman–Crippen LogP) is 7.82. The molecule has 0 N–H and O–H groups in total. The van der Waals surface area contributed by atoms with Crippen molar-refractivity contribution in [2.75, 3.05) is 0 Å². The van der Waals surface area contributed by atoms with E-state index in [1.165, 1.54) is 0 Å². The second-order valence-electron chi connectivity index (χ2n) is 10.1. The fourth-order valence-electron chi connectivity index (χ4n) is 5.47. The van der Waals surface area contributed by atoms with Gasteiger partial charge < -0.3 is 0 Å². The Kier molecular flexibility index (Phi) is 6.19. The van der Waals surface area contributed by atoms with Gasteiger partial charge in [0.05, 0.1) is 80.2 Å². The number of benzene rings is 5. The van der Waals surface area contributed by atoms with E-state index < -0.39 is 0 Å². The summed E-state index contributed by atoms with van der Waals surface area (Å²) in [6.07, 6.45) is 0. The van der Waals surface area contributed by atoms with E-state index in [2.05, 4.69) is 24.3 Å². The highest BCUT2D eigenvalue weighted by Crippen LogP contribution is 2.40. The number of hydrogen-bond acceptors (Lipinski definition) is 7. The van der Waals surface area contributed by atoms with Crippen LogP contribution in [0.1, 0.15) is 22.3 Å². The van der Waals surface area contributed by atoms with Gasteiger partial charge in [0.2, 0.25) is 0 Å². The van der Waals surface area contributed by atoms with Gasteiger partial charge in [-0.1, -0.05) is 54.6 Å². The zero-order valence-corrected chi connectivity index (χ0v) is 22.9. The van der Waals surface area contributed by atoms with Crippen molar-refractivity contribution in [1.82, 2.24) is 15.0 Å². The number of rotatable bonds is 3. The molecule has 0 bridgehead atoms. The van der Waals surface area contributed by atoms with Crippen molar-refractivity contribution in [2.24, 2.45) is 0 Å². The largest absolute Gasteiger partial charge is 0.247 e. The Labute approximate surface area is 251 Å². The first kappa shape index (κ1) is 26.0. The molecule has 44 heavy (non-hydrogen) atoms. The van der Waals surface area contributed by atoms with Crippen LogP contribution in [-0.2, 0) is 0 Å². The predicted molar refractivity (Wildman–Crippen MR) is 168 cm³/mol. The summed E-state index contributed by atoms with van der Waals surface area (Å²) in [7, 11) is 0. The first-order chi connectivity index (χ1) is 21.6. The standard InChI is InChI=1S/C37H17N7/c38-18-22-5-11-25(12-6-22)34-33-32(29-3-1-2-4-30(29)42-34)28(21-41)17-31-37(33)44-36(27-15-9-24(20-40)10-16-27)35(43-31)26-13-7-23(19-39)8-14-26/h1-17H. The van der Waals surface area contributed by atoms with Crippen LogP contribution in [0.3, 0.4) is 0 Å². The number of fused-ring (bicyclic) bond motifs is 5. The van der Waals surface area contributed by atoms with Crippen LogP contribution in [0, 0.1) is 45.3 Å². The second kappa shape index (κ2) is 10.5. The Hall–Kier alpha value is -6.93. The van der Waals surface area contributed by atoms with Crippen LogP contribution in [-0.4, -0.2) is 15.0 Å². The lowest BCUT2D eigenvalue weighted by atomic mass is 9.94. The maximum atomic E-state index is 10.4. The SMILES string of the molecule is N#Cc1ccc(-c2nc3cc(C#N)c4c5ccccc5nc(-c5ccc(C#N)cc5)c4c3nc2-c2ccc(C#N)cc2)cc1. The molecule has 7 nitrogen and oxygen atoms in total. The Bertz CT molecular complexity index is 2450. The fraction of sp³-hybridized carbons (Fsp3) is 0. The molecule has 0 fully saturated rings. The van der Waals surface area contributed by atoms with Crippen molar-refractivity contribution >= 4 is 32.7 Å². The van der Waals surface area contributed by atoms with Crippen LogP contribution in [0.4, 0.5) is 0 Å². The molecule has 0 amide bonds. The second-order valence-corrected chi connectivity index (χ2v) is 10.1. The molecule has 0 aliphatic carbocycles. The van der Waals surface area contributed by atoms with Crippen molar-refractivity contribution < 1.29 is 0 Å². The topological polar surface area (TPSA) is 134 Å². The van der Waals surface area contributed by atoms with E-state index in [4.69, 9.17) is 15.0 Å². The minimum atomic E-state index is 0.437. The third-order valence-electron chi connectivity index (χ3n) is 7.59. The number of nitrogens with zero attached hydrogens (tertiary/aromatic N) is 7. The summed E-state index contributed by atoms with van der Waals surface area (Å²) in [5.41, 5.74) is 7.85. The van der Waals surface area contributed by atoms with Gasteiger partial charge in [0.15, 0.2) is 0 Å². The molecule has 200 valence electrons. The minimum absolute atomic E-state index is 0.437. The van der Waals surface area contributed by atoms with Crippen LogP contribution in [0.2, 0.25) is 0 Å². The zero-order chi connectivity index (χ0) is 30.2. The molecule has 0 spiro atoms. The van der Waals surface area contributed by atoms with E-state index >= 15 is 0 Å². The molecule has 5 aromatic carbocycles. The number of pyridine rings is 1. The van der Waals surface area contributed by atoms with Gasteiger partial charge in [-0.25, -0.2) is 15.0 Å². The first-order valence-corrected chi connectivity index (χ1v) is 13.6. The summed E-state index contributed by atoms with van der Waals surface area (Å²) in [4.78, 5) is 15.4. The van der Waals surface area contributed by atoms with Gasteiger partial charge in [0.25, 0.3) is 0 Å². The summed E-state index contributed by atoms with van der Waals surface area (Å²) in [5.74, 6) is 0. The van der Waals surface area contributed by atoms with Crippen LogP contribution in [0.5, 0.6) is 0 Å². The smallest absolute Gasteiger partial charge is 0.0999 e. The average molecular weight is 560 g/mol. The molecule has 2 aromatic heterocycles. The van der Waals surface area contributed by atoms with Crippen LogP contribution >= 0.6 is 0 Å². The highest BCUT2D eigenvalue weighted by molar-refractivity contribution is 6.22. The van der Waals surface area contributed by atoms with E-state index in [1.54, 1.807) is 42.5 Å². The van der Waals surface area contributed by atoms with Crippen LogP contribution in [0.15, 0.2) is 103 Å². The molecule has 0 unspecified atom stereocenters. The van der Waals surface area contributed by atoms with Gasteiger partial charge >= 0.3 is 0 Å². The number of hydrogen-bond donors (Lipinski definition) is 0. The molecule has 0 radical (unpaired) electrons. The summed E-state index contributed by atoms with van der Waals surface area (Å²) in [6, 6.07) is 39.7. The number of nitriles is 4. The van der Waals surface area contributed by atoms with Gasteiger partial charge in [-0.3, -0.25) is 0 Å². The van der Waals surface area contributed by atoms with E-state index in [0.29, 0.717) is 55.8 Å². The van der Waals surface area contributed by atoms with Gasteiger partial charge in [-0.15, -0.1) is 0 Å². The van der Waals surface area contributed by atoms with Gasteiger partial charge in [0.1, 0.15) is 0 Å². The fourth-order valence-corrected chi connectivity index (χ4v) is 5.47. The van der Waals surface area contributed by atoms with E-state index in [0.717, 1.165) is 33.0 Å². The van der Waals surface area contributed by atoms with Crippen molar-refractivity contribution in [1.29, 1.82) is 21.0 Å². The molecule has 0 atom stereocenters. The summed E-state index contributed by atoms with van der Waals surface area (Å²) in [5, 5.41) is 40.7. The number of aromatic nitrogens is 3. The molecular formula is C37H17N7. The Balaban J connectivity index is 1.65. The molecule has 7 rings (SSSR count). The van der Waals surface area contributed by atoms with Crippen molar-refractivity contribution in [2.45, 2.75) is 0 Å². The highest BCUT2D eigenvalue weighted by atomic mass is 14.8. The molecule has 0 saturated carbocycles. The zero-order valence-electron chi connectivity index (χ0n) is 22.9. The molecule has 2 heterocycles. The normalized spacial score (nSPS) is 10.6. The lowest BCUT2D eigenvalue weighted by Crippen LogP contribution is -2.00. The maximum absolute atomic E-state index is 10.4. The molecular weight excluding hydrogens is 542 g/mol. The molecule has 0 saturated heterocycles. The van der Waals surface area contributed by atoms with Crippen LogP contribution in [0.25, 0.3) is 66.5 Å². The molecule has 7 aromatic rings. The molecule has 0 aliphatic rings. The molecule has 7 heteroatoms. The van der Waals surface area contributed by atoms with Crippen molar-refractivity contribution in [3.05, 3.63) is 125 Å². The third kappa shape index (κ3) is 4.23. The summed E-state index contributed by atoms with van der Waals surface area (Å²) in [6.45, 7) is 0. The quantitative estimate of drug-likeness (QED) is 0.201. The van der Waals surface area contributed by atoms with Crippen LogP contribution < -0.4 is 0 Å². The highest BCUT2D eigenvalue weighted by Gasteiger charge is 2.21. The summed E-state index contributed by atoms with van der Waals surface area (Å²) >= 11 is 0. The van der Waals surface area contributed by atoms with Crippen molar-refractivity contribution in [3.63, 3.8) is 0 Å². The average Bonchev–Trinajstić information content (AvgIpc) is 3.10. The Morgan fingerprint density at radius 3 is 1.43 bits per heavy atom. The van der Waals surface area contributed by atoms with E-state index in [-0.39, 0.29) is 0 Å². The first-order valence-electron chi connectivity index (χ1n) is 13.6. The van der Waals surface area contributed by atoms with E-state index in [9.17, 15) is 21.0 Å². The minimum Gasteiger partial charge on any atom is -0.247 e. The van der Waals surface area contributed by atoms with Crippen molar-refractivity contribution in [3.8, 4) is 58.0 Å². The third-order valence-corrected chi connectivity index (χ3v) is 7.59. The Morgan fingerprint density at radius 1 is 0.432 bits per heavy atom. The van der Waals surface area contributed by atoms with Gasteiger partial charge in [0, 0.05) is 32.8 Å². The number of para-hydroxylation sites is 1. The lowest BCUT2D eigenvalue weighted by Gasteiger charge is -2.16. The maximum Gasteiger partial charge on any atom is 0.0999 e. The monoisotopic (exact) mass is 559 g/mol. The molecule has 0 aliphatic heterocycles. The van der Waals surface area contributed by atoms with Gasteiger partial charge in [-0.05, 0) is 48.5 Å². The lowest BCUT2D eigenvalue weighted by molar-refractivity contribution is 1.29. The summed E-state index contributed by atoms with van der Waals surface area (Å²) < 4.78 is 0. The van der Waals surface area contributed by atoms with Gasteiger partial charge in [-0.2, -0.15) is 21.0 Å². The van der Waals surface area contributed by atoms with E-state index in [1.807, 2.05) is 60.7 Å².